The van der Waals surface area contributed by atoms with E-state index < -0.39 is 5.63 Å². The third kappa shape index (κ3) is 4.44. The molecule has 0 aliphatic rings. The molecule has 0 atom stereocenters. The quantitative estimate of drug-likeness (QED) is 0.405. The Labute approximate surface area is 184 Å². The number of carbonyl (C=O) groups excluding carboxylic acids is 1. The molecule has 4 rings (SSSR count). The Balaban J connectivity index is 1.43. The highest BCUT2D eigenvalue weighted by Gasteiger charge is 2.15. The third-order valence-electron chi connectivity index (χ3n) is 5.04. The SMILES string of the molecule is CCOc1ccc(CCNC(=O)Cn2ncc3c(=O)oc4ccccc4c32)cc1OCC. The Morgan fingerprint density at radius 3 is 2.66 bits per heavy atom. The topological polar surface area (TPSA) is 95.6 Å². The summed E-state index contributed by atoms with van der Waals surface area (Å²) in [5.41, 5.74) is 1.63. The van der Waals surface area contributed by atoms with Gasteiger partial charge in [-0.1, -0.05) is 18.2 Å². The summed E-state index contributed by atoms with van der Waals surface area (Å²) in [6.45, 7) is 5.43. The van der Waals surface area contributed by atoms with Crippen LogP contribution in [0, 0.1) is 0 Å². The second-order valence-corrected chi connectivity index (χ2v) is 7.20. The van der Waals surface area contributed by atoms with E-state index in [1.807, 2.05) is 44.2 Å². The summed E-state index contributed by atoms with van der Waals surface area (Å²) in [6.07, 6.45) is 2.08. The highest BCUT2D eigenvalue weighted by molar-refractivity contribution is 6.02. The first-order chi connectivity index (χ1) is 15.6. The Hall–Kier alpha value is -3.81. The van der Waals surface area contributed by atoms with Crippen LogP contribution < -0.4 is 20.4 Å². The van der Waals surface area contributed by atoms with Gasteiger partial charge in [0.2, 0.25) is 5.91 Å². The molecular formula is C24H25N3O5. The van der Waals surface area contributed by atoms with Gasteiger partial charge >= 0.3 is 5.63 Å². The molecule has 8 nitrogen and oxygen atoms in total. The van der Waals surface area contributed by atoms with Gasteiger partial charge in [-0.25, -0.2) is 4.79 Å². The Morgan fingerprint density at radius 2 is 1.84 bits per heavy atom. The molecule has 0 aliphatic heterocycles. The maximum absolute atomic E-state index is 12.6. The molecular weight excluding hydrogens is 410 g/mol. The van der Waals surface area contributed by atoms with Crippen LogP contribution in [0.4, 0.5) is 0 Å². The summed E-state index contributed by atoms with van der Waals surface area (Å²) < 4.78 is 18.1. The number of nitrogens with zero attached hydrogens (tertiary/aromatic N) is 2. The van der Waals surface area contributed by atoms with E-state index in [1.165, 1.54) is 10.9 Å². The first-order valence-corrected chi connectivity index (χ1v) is 10.6. The van der Waals surface area contributed by atoms with Crippen molar-refractivity contribution in [2.45, 2.75) is 26.8 Å². The van der Waals surface area contributed by atoms with Gasteiger partial charge in [0.05, 0.1) is 24.9 Å². The summed E-state index contributed by atoms with van der Waals surface area (Å²) in [5.74, 6) is 1.22. The second kappa shape index (κ2) is 9.55. The Morgan fingerprint density at radius 1 is 1.06 bits per heavy atom. The van der Waals surface area contributed by atoms with Crippen molar-refractivity contribution in [3.8, 4) is 11.5 Å². The van der Waals surface area contributed by atoms with Gasteiger partial charge in [-0.2, -0.15) is 5.10 Å². The normalized spacial score (nSPS) is 11.1. The van der Waals surface area contributed by atoms with E-state index in [0.29, 0.717) is 54.2 Å². The molecule has 32 heavy (non-hydrogen) atoms. The molecule has 166 valence electrons. The number of para-hydroxylation sites is 1. The molecule has 0 bridgehead atoms. The van der Waals surface area contributed by atoms with E-state index in [2.05, 4.69) is 10.4 Å². The number of hydrogen-bond acceptors (Lipinski definition) is 6. The van der Waals surface area contributed by atoms with E-state index in [0.717, 1.165) is 10.9 Å². The number of benzene rings is 2. The number of hydrogen-bond donors (Lipinski definition) is 1. The largest absolute Gasteiger partial charge is 0.490 e. The molecule has 2 aromatic carbocycles. The molecule has 2 aromatic heterocycles. The lowest BCUT2D eigenvalue weighted by Crippen LogP contribution is -2.29. The molecule has 0 fully saturated rings. The average Bonchev–Trinajstić information content (AvgIpc) is 3.20. The molecule has 1 amide bonds. The van der Waals surface area contributed by atoms with E-state index in [1.54, 1.807) is 12.1 Å². The van der Waals surface area contributed by atoms with Crippen LogP contribution >= 0.6 is 0 Å². The van der Waals surface area contributed by atoms with Crippen LogP contribution in [0.2, 0.25) is 0 Å². The minimum Gasteiger partial charge on any atom is -0.490 e. The van der Waals surface area contributed by atoms with Crippen molar-refractivity contribution in [1.29, 1.82) is 0 Å². The van der Waals surface area contributed by atoms with Crippen molar-refractivity contribution in [2.75, 3.05) is 19.8 Å². The Kier molecular flexibility index (Phi) is 6.39. The summed E-state index contributed by atoms with van der Waals surface area (Å²) in [7, 11) is 0. The van der Waals surface area contributed by atoms with Gasteiger partial charge in [-0.05, 0) is 50.1 Å². The summed E-state index contributed by atoms with van der Waals surface area (Å²) in [5, 5.41) is 8.25. The molecule has 8 heteroatoms. The van der Waals surface area contributed by atoms with Crippen molar-refractivity contribution < 1.29 is 18.7 Å². The monoisotopic (exact) mass is 435 g/mol. The van der Waals surface area contributed by atoms with Gasteiger partial charge in [0, 0.05) is 11.9 Å². The summed E-state index contributed by atoms with van der Waals surface area (Å²) in [6, 6.07) is 13.0. The highest BCUT2D eigenvalue weighted by Crippen LogP contribution is 2.28. The van der Waals surface area contributed by atoms with Crippen molar-refractivity contribution >= 4 is 27.8 Å². The van der Waals surface area contributed by atoms with Crippen molar-refractivity contribution in [2.24, 2.45) is 0 Å². The number of nitrogens with one attached hydrogen (secondary N) is 1. The van der Waals surface area contributed by atoms with E-state index >= 15 is 0 Å². The fourth-order valence-electron chi connectivity index (χ4n) is 3.63. The van der Waals surface area contributed by atoms with Crippen LogP contribution in [-0.4, -0.2) is 35.4 Å². The molecule has 0 unspecified atom stereocenters. The van der Waals surface area contributed by atoms with Crippen LogP contribution in [0.15, 0.2) is 57.9 Å². The van der Waals surface area contributed by atoms with Gasteiger partial charge in [-0.15, -0.1) is 0 Å². The fourth-order valence-corrected chi connectivity index (χ4v) is 3.63. The molecule has 0 saturated heterocycles. The second-order valence-electron chi connectivity index (χ2n) is 7.20. The molecule has 2 heterocycles. The number of aromatic nitrogens is 2. The third-order valence-corrected chi connectivity index (χ3v) is 5.04. The number of carbonyl (C=O) groups is 1. The van der Waals surface area contributed by atoms with Crippen LogP contribution in [0.1, 0.15) is 19.4 Å². The first kappa shape index (κ1) is 21.4. The zero-order chi connectivity index (χ0) is 22.5. The maximum Gasteiger partial charge on any atom is 0.347 e. The smallest absolute Gasteiger partial charge is 0.347 e. The number of amides is 1. The van der Waals surface area contributed by atoms with E-state index in [4.69, 9.17) is 13.9 Å². The van der Waals surface area contributed by atoms with Crippen molar-refractivity contribution in [1.82, 2.24) is 15.1 Å². The number of fused-ring (bicyclic) bond motifs is 3. The van der Waals surface area contributed by atoms with Gasteiger partial charge < -0.3 is 19.2 Å². The standard InChI is InChI=1S/C24H25N3O5/c1-3-30-20-10-9-16(13-21(20)31-4-2)11-12-25-22(28)15-27-23-17-7-5-6-8-19(17)32-24(29)18(23)14-26-27/h5-10,13-14H,3-4,11-12,15H2,1-2H3,(H,25,28). The van der Waals surface area contributed by atoms with Gasteiger partial charge in [-0.3, -0.25) is 9.48 Å². The van der Waals surface area contributed by atoms with E-state index in [-0.39, 0.29) is 12.5 Å². The molecule has 1 N–H and O–H groups in total. The predicted molar refractivity (Wildman–Crippen MR) is 121 cm³/mol. The average molecular weight is 435 g/mol. The zero-order valence-corrected chi connectivity index (χ0v) is 18.1. The first-order valence-electron chi connectivity index (χ1n) is 10.6. The maximum atomic E-state index is 12.6. The molecule has 0 saturated carbocycles. The predicted octanol–water partition coefficient (Wildman–Crippen LogP) is 3.30. The molecule has 0 aliphatic carbocycles. The van der Waals surface area contributed by atoms with Gasteiger partial charge in [0.15, 0.2) is 11.5 Å². The van der Waals surface area contributed by atoms with Crippen molar-refractivity contribution in [3.63, 3.8) is 0 Å². The highest BCUT2D eigenvalue weighted by atomic mass is 16.5. The lowest BCUT2D eigenvalue weighted by Gasteiger charge is -2.13. The Bertz CT molecular complexity index is 1310. The van der Waals surface area contributed by atoms with Gasteiger partial charge in [0.1, 0.15) is 17.5 Å². The lowest BCUT2D eigenvalue weighted by atomic mass is 10.1. The number of rotatable bonds is 9. The van der Waals surface area contributed by atoms with Gasteiger partial charge in [0.25, 0.3) is 0 Å². The van der Waals surface area contributed by atoms with Crippen LogP contribution in [0.25, 0.3) is 21.9 Å². The van der Waals surface area contributed by atoms with Crippen LogP contribution in [0.5, 0.6) is 11.5 Å². The summed E-state index contributed by atoms with van der Waals surface area (Å²) in [4.78, 5) is 24.8. The molecule has 0 spiro atoms. The van der Waals surface area contributed by atoms with Crippen LogP contribution in [0.3, 0.4) is 0 Å². The minimum absolute atomic E-state index is 0.00439. The fraction of sp³-hybridized carbons (Fsp3) is 0.292. The summed E-state index contributed by atoms with van der Waals surface area (Å²) >= 11 is 0. The lowest BCUT2D eigenvalue weighted by molar-refractivity contribution is -0.121. The van der Waals surface area contributed by atoms with E-state index in [9.17, 15) is 9.59 Å². The zero-order valence-electron chi connectivity index (χ0n) is 18.1. The number of ether oxygens (including phenoxy) is 2. The molecule has 0 radical (unpaired) electrons. The van der Waals surface area contributed by atoms with Crippen molar-refractivity contribution in [3.05, 3.63) is 64.6 Å². The minimum atomic E-state index is -0.467. The van der Waals surface area contributed by atoms with Crippen LogP contribution in [-0.2, 0) is 17.8 Å². The molecule has 4 aromatic rings.